The molecule has 0 bridgehead atoms. The molecule has 2 saturated carbocycles. The molecule has 1 unspecified atom stereocenters. The maximum absolute atomic E-state index is 15.4. The SMILES string of the molecule is CCOC(=O)Nc1cc(NC(=O)[C@@H](NC(=O)OC(C)(C)C)C(C2CC2)C2CC2)c(F)cc1C(C)C(=O)NCC(F)(F)F. The van der Waals surface area contributed by atoms with E-state index in [1.165, 1.54) is 13.8 Å². The largest absolute Gasteiger partial charge is 0.450 e. The highest BCUT2D eigenvalue weighted by Gasteiger charge is 2.48. The van der Waals surface area contributed by atoms with E-state index in [0.29, 0.717) is 0 Å². The lowest BCUT2D eigenvalue weighted by Gasteiger charge is -2.29. The highest BCUT2D eigenvalue weighted by atomic mass is 19.4. The van der Waals surface area contributed by atoms with Gasteiger partial charge in [0, 0.05) is 0 Å². The maximum Gasteiger partial charge on any atom is 0.411 e. The minimum atomic E-state index is -4.66. The second-order valence-corrected chi connectivity index (χ2v) is 11.7. The number of alkyl carbamates (subject to hydrolysis) is 1. The van der Waals surface area contributed by atoms with Crippen LogP contribution < -0.4 is 21.3 Å². The molecule has 4 amide bonds. The van der Waals surface area contributed by atoms with E-state index in [0.717, 1.165) is 37.8 Å². The van der Waals surface area contributed by atoms with Crippen molar-refractivity contribution in [2.75, 3.05) is 23.8 Å². The molecule has 0 spiro atoms. The Morgan fingerprint density at radius 1 is 0.929 bits per heavy atom. The van der Waals surface area contributed by atoms with Gasteiger partial charge in [0.05, 0.1) is 23.9 Å². The Morgan fingerprint density at radius 2 is 1.52 bits per heavy atom. The van der Waals surface area contributed by atoms with Gasteiger partial charge in [-0.15, -0.1) is 0 Å². The van der Waals surface area contributed by atoms with Crippen LogP contribution in [-0.4, -0.2) is 55.0 Å². The van der Waals surface area contributed by atoms with Crippen LogP contribution in [0, 0.1) is 23.6 Å². The van der Waals surface area contributed by atoms with E-state index in [4.69, 9.17) is 9.47 Å². The Bertz CT molecular complexity index is 1170. The molecule has 2 atom stereocenters. The zero-order valence-electron chi connectivity index (χ0n) is 24.2. The minimum Gasteiger partial charge on any atom is -0.450 e. The summed E-state index contributed by atoms with van der Waals surface area (Å²) in [6, 6.07) is 0.873. The van der Waals surface area contributed by atoms with Gasteiger partial charge in [0.25, 0.3) is 0 Å². The van der Waals surface area contributed by atoms with Gasteiger partial charge in [0.15, 0.2) is 0 Å². The lowest BCUT2D eigenvalue weighted by Crippen LogP contribution is -2.51. The van der Waals surface area contributed by atoms with Gasteiger partial charge in [-0.2, -0.15) is 13.2 Å². The maximum atomic E-state index is 15.4. The van der Waals surface area contributed by atoms with E-state index in [9.17, 15) is 32.3 Å². The quantitative estimate of drug-likeness (QED) is 0.249. The van der Waals surface area contributed by atoms with Crippen molar-refractivity contribution in [1.29, 1.82) is 0 Å². The molecule has 0 heterocycles. The Kier molecular flexibility index (Phi) is 10.3. The summed E-state index contributed by atoms with van der Waals surface area (Å²) in [6.45, 7) is 6.21. The van der Waals surface area contributed by atoms with E-state index in [1.54, 1.807) is 26.1 Å². The number of carbonyl (C=O) groups is 4. The van der Waals surface area contributed by atoms with E-state index < -0.39 is 60.1 Å². The van der Waals surface area contributed by atoms with Crippen molar-refractivity contribution in [3.63, 3.8) is 0 Å². The summed E-state index contributed by atoms with van der Waals surface area (Å²) in [5.74, 6) is -3.84. The molecule has 0 aliphatic heterocycles. The summed E-state index contributed by atoms with van der Waals surface area (Å²) in [7, 11) is 0. The average Bonchev–Trinajstić information content (AvgIpc) is 3.77. The van der Waals surface area contributed by atoms with Gasteiger partial charge in [-0.25, -0.2) is 14.0 Å². The van der Waals surface area contributed by atoms with Gasteiger partial charge in [-0.3, -0.25) is 14.9 Å². The van der Waals surface area contributed by atoms with E-state index >= 15 is 4.39 Å². The molecule has 42 heavy (non-hydrogen) atoms. The second kappa shape index (κ2) is 13.2. The molecule has 0 saturated heterocycles. The van der Waals surface area contributed by atoms with E-state index in [2.05, 4.69) is 16.0 Å². The number of benzene rings is 1. The Morgan fingerprint density at radius 3 is 2.02 bits per heavy atom. The molecule has 3 rings (SSSR count). The predicted molar refractivity (Wildman–Crippen MR) is 145 cm³/mol. The fourth-order valence-electron chi connectivity index (χ4n) is 4.78. The van der Waals surface area contributed by atoms with Crippen LogP contribution in [0.15, 0.2) is 12.1 Å². The topological polar surface area (TPSA) is 135 Å². The van der Waals surface area contributed by atoms with Crippen molar-refractivity contribution < 1.29 is 46.2 Å². The fraction of sp³-hybridized carbons (Fsp3) is 0.643. The van der Waals surface area contributed by atoms with Crippen molar-refractivity contribution in [1.82, 2.24) is 10.6 Å². The van der Waals surface area contributed by atoms with E-state index in [1.807, 2.05) is 0 Å². The van der Waals surface area contributed by atoms with Crippen LogP contribution in [0.4, 0.5) is 38.5 Å². The number of carbonyl (C=O) groups excluding carboxylic acids is 4. The number of hydrogen-bond acceptors (Lipinski definition) is 6. The highest BCUT2D eigenvalue weighted by molar-refractivity contribution is 5.98. The van der Waals surface area contributed by atoms with Gasteiger partial charge in [0.1, 0.15) is 24.0 Å². The molecule has 0 aromatic heterocycles. The third-order valence-electron chi connectivity index (χ3n) is 6.90. The summed E-state index contributed by atoms with van der Waals surface area (Å²) in [4.78, 5) is 50.9. The van der Waals surface area contributed by atoms with Crippen LogP contribution in [0.2, 0.25) is 0 Å². The first-order valence-electron chi connectivity index (χ1n) is 13.9. The van der Waals surface area contributed by atoms with Crippen molar-refractivity contribution in [2.45, 2.75) is 84.0 Å². The van der Waals surface area contributed by atoms with Crippen LogP contribution >= 0.6 is 0 Å². The number of amides is 4. The van der Waals surface area contributed by atoms with Gasteiger partial charge >= 0.3 is 18.4 Å². The zero-order valence-corrected chi connectivity index (χ0v) is 24.2. The monoisotopic (exact) mass is 602 g/mol. The molecule has 1 aromatic rings. The third-order valence-corrected chi connectivity index (χ3v) is 6.90. The minimum absolute atomic E-state index is 0.0185. The fourth-order valence-corrected chi connectivity index (χ4v) is 4.78. The highest BCUT2D eigenvalue weighted by Crippen LogP contribution is 2.51. The molecule has 0 radical (unpaired) electrons. The number of alkyl halides is 3. The van der Waals surface area contributed by atoms with Gasteiger partial charge in [0.2, 0.25) is 11.8 Å². The molecule has 234 valence electrons. The number of rotatable bonds is 11. The van der Waals surface area contributed by atoms with Crippen molar-refractivity contribution in [2.24, 2.45) is 17.8 Å². The predicted octanol–water partition coefficient (Wildman–Crippen LogP) is 5.44. The molecular weight excluding hydrogens is 564 g/mol. The summed E-state index contributed by atoms with van der Waals surface area (Å²) < 4.78 is 63.5. The number of hydrogen-bond donors (Lipinski definition) is 4. The summed E-state index contributed by atoms with van der Waals surface area (Å²) in [6.07, 6.45) is -2.84. The van der Waals surface area contributed by atoms with Crippen LogP contribution in [0.25, 0.3) is 0 Å². The van der Waals surface area contributed by atoms with Gasteiger partial charge in [-0.1, -0.05) is 0 Å². The molecule has 2 aliphatic carbocycles. The summed E-state index contributed by atoms with van der Waals surface area (Å²) in [5.41, 5.74) is -1.49. The molecule has 4 N–H and O–H groups in total. The zero-order chi connectivity index (χ0) is 31.4. The van der Waals surface area contributed by atoms with Crippen LogP contribution in [0.1, 0.15) is 71.8 Å². The smallest absolute Gasteiger partial charge is 0.411 e. The number of nitrogens with one attached hydrogen (secondary N) is 4. The Hall–Kier alpha value is -3.58. The van der Waals surface area contributed by atoms with Crippen LogP contribution in [0.5, 0.6) is 0 Å². The lowest BCUT2D eigenvalue weighted by molar-refractivity contribution is -0.139. The van der Waals surface area contributed by atoms with Crippen molar-refractivity contribution in [3.8, 4) is 0 Å². The summed E-state index contributed by atoms with van der Waals surface area (Å²) >= 11 is 0. The molecule has 14 heteroatoms. The first-order valence-corrected chi connectivity index (χ1v) is 13.9. The van der Waals surface area contributed by atoms with E-state index in [-0.39, 0.29) is 41.3 Å². The normalized spacial score (nSPS) is 16.7. The number of halogens is 4. The number of ether oxygens (including phenoxy) is 2. The Labute approximate surface area is 241 Å². The van der Waals surface area contributed by atoms with Gasteiger partial charge in [-0.05, 0) is 95.8 Å². The molecule has 10 nitrogen and oxygen atoms in total. The van der Waals surface area contributed by atoms with Crippen molar-refractivity contribution >= 4 is 35.4 Å². The second-order valence-electron chi connectivity index (χ2n) is 11.7. The Balaban J connectivity index is 1.90. The molecule has 2 aliphatic rings. The van der Waals surface area contributed by atoms with Crippen LogP contribution in [0.3, 0.4) is 0 Å². The number of anilines is 2. The molecule has 2 fully saturated rings. The van der Waals surface area contributed by atoms with Crippen molar-refractivity contribution in [3.05, 3.63) is 23.5 Å². The first-order chi connectivity index (χ1) is 19.5. The molecular formula is C28H38F4N4O6. The van der Waals surface area contributed by atoms with Gasteiger partial charge < -0.3 is 25.4 Å². The average molecular weight is 603 g/mol. The first kappa shape index (κ1) is 32.9. The standard InChI is InChI=1S/C28H38F4N4O6/c1-6-41-25(39)35-19-12-20(18(29)11-17(19)14(2)23(37)33-13-28(30,31)32)34-24(38)22(36-26(40)42-27(3,4)5)21(15-7-8-15)16-9-10-16/h11-12,14-16,21-22H,6-10,13H2,1-5H3,(H,33,37)(H,34,38)(H,35,39)(H,36,40)/t14?,22-/m0/s1. The third kappa shape index (κ3) is 9.76. The lowest BCUT2D eigenvalue weighted by atomic mass is 9.88. The molecule has 1 aromatic carbocycles. The summed E-state index contributed by atoms with van der Waals surface area (Å²) in [5, 5.41) is 9.24. The van der Waals surface area contributed by atoms with Crippen LogP contribution in [-0.2, 0) is 19.1 Å².